The Bertz CT molecular complexity index is 462. The van der Waals surface area contributed by atoms with E-state index in [1.54, 1.807) is 7.11 Å². The number of ether oxygens (including phenoxy) is 2. The largest absolute Gasteiger partial charge is 0.494 e. The molecule has 3 nitrogen and oxygen atoms in total. The first-order valence-corrected chi connectivity index (χ1v) is 5.55. The molecule has 0 atom stereocenters. The molecule has 2 rings (SSSR count). The lowest BCUT2D eigenvalue weighted by Gasteiger charge is -2.06. The summed E-state index contributed by atoms with van der Waals surface area (Å²) in [5, 5.41) is 1.21. The van der Waals surface area contributed by atoms with E-state index < -0.39 is 0 Å². The van der Waals surface area contributed by atoms with Crippen LogP contribution in [0, 0.1) is 0 Å². The van der Waals surface area contributed by atoms with Crippen LogP contribution >= 0.6 is 0 Å². The Morgan fingerprint density at radius 3 is 2.88 bits per heavy atom. The van der Waals surface area contributed by atoms with Gasteiger partial charge in [-0.05, 0) is 31.2 Å². The molecule has 1 aromatic carbocycles. The zero-order valence-electron chi connectivity index (χ0n) is 9.77. The number of aromatic nitrogens is 1. The van der Waals surface area contributed by atoms with E-state index in [0.717, 1.165) is 18.9 Å². The number of methoxy groups -OCH3 is 1. The van der Waals surface area contributed by atoms with Gasteiger partial charge in [0.15, 0.2) is 0 Å². The van der Waals surface area contributed by atoms with Crippen molar-refractivity contribution in [1.82, 2.24) is 4.57 Å². The molecule has 0 radical (unpaired) electrons. The van der Waals surface area contributed by atoms with Crippen molar-refractivity contribution in [2.24, 2.45) is 0 Å². The van der Waals surface area contributed by atoms with Crippen LogP contribution < -0.4 is 4.74 Å². The third-order valence-corrected chi connectivity index (χ3v) is 2.59. The van der Waals surface area contributed by atoms with Crippen molar-refractivity contribution in [3.05, 3.63) is 30.5 Å². The molecule has 1 heterocycles. The Balaban J connectivity index is 2.27. The van der Waals surface area contributed by atoms with Crippen molar-refractivity contribution in [3.63, 3.8) is 0 Å². The first-order valence-electron chi connectivity index (χ1n) is 5.55. The summed E-state index contributed by atoms with van der Waals surface area (Å²) in [5.74, 6) is 0.930. The highest BCUT2D eigenvalue weighted by molar-refractivity contribution is 5.81. The number of rotatable bonds is 5. The lowest BCUT2D eigenvalue weighted by Crippen LogP contribution is -2.02. The quantitative estimate of drug-likeness (QED) is 0.771. The number of hydrogen-bond acceptors (Lipinski definition) is 2. The molecule has 0 spiro atoms. The minimum absolute atomic E-state index is 0.704. The van der Waals surface area contributed by atoms with Gasteiger partial charge in [-0.2, -0.15) is 0 Å². The molecule has 0 bridgehead atoms. The number of nitrogens with zero attached hydrogens (tertiary/aromatic N) is 1. The highest BCUT2D eigenvalue weighted by Crippen LogP contribution is 2.21. The Morgan fingerprint density at radius 1 is 1.25 bits per heavy atom. The molecule has 0 aliphatic rings. The van der Waals surface area contributed by atoms with Crippen LogP contribution in [0.3, 0.4) is 0 Å². The summed E-state index contributed by atoms with van der Waals surface area (Å²) in [6.07, 6.45) is 2.08. The summed E-state index contributed by atoms with van der Waals surface area (Å²) < 4.78 is 12.7. The third-order valence-electron chi connectivity index (χ3n) is 2.59. The van der Waals surface area contributed by atoms with Crippen molar-refractivity contribution in [2.75, 3.05) is 20.3 Å². The van der Waals surface area contributed by atoms with Gasteiger partial charge >= 0.3 is 0 Å². The molecular weight excluding hydrogens is 202 g/mol. The van der Waals surface area contributed by atoms with Crippen LogP contribution in [0.2, 0.25) is 0 Å². The topological polar surface area (TPSA) is 23.4 Å². The standard InChI is InChI=1S/C13H17NO2/c1-3-16-12-4-5-13-11(10-12)6-7-14(13)8-9-15-2/h4-7,10H,3,8-9H2,1-2H3. The van der Waals surface area contributed by atoms with Gasteiger partial charge in [0.2, 0.25) is 0 Å². The Kier molecular flexibility index (Phi) is 3.47. The molecule has 0 aliphatic heterocycles. The van der Waals surface area contributed by atoms with Crippen molar-refractivity contribution < 1.29 is 9.47 Å². The molecule has 2 aromatic rings. The van der Waals surface area contributed by atoms with Gasteiger partial charge in [0, 0.05) is 30.8 Å². The maximum atomic E-state index is 5.47. The summed E-state index contributed by atoms with van der Waals surface area (Å²) in [6, 6.07) is 8.28. The van der Waals surface area contributed by atoms with Crippen molar-refractivity contribution in [3.8, 4) is 5.75 Å². The van der Waals surface area contributed by atoms with E-state index in [9.17, 15) is 0 Å². The molecule has 0 N–H and O–H groups in total. The summed E-state index contributed by atoms with van der Waals surface area (Å²) in [7, 11) is 1.72. The molecule has 86 valence electrons. The maximum Gasteiger partial charge on any atom is 0.120 e. The summed E-state index contributed by atoms with van der Waals surface area (Å²) in [6.45, 7) is 4.31. The third kappa shape index (κ3) is 2.19. The second-order valence-electron chi connectivity index (χ2n) is 3.66. The molecule has 0 unspecified atom stereocenters. The van der Waals surface area contributed by atoms with E-state index in [-0.39, 0.29) is 0 Å². The van der Waals surface area contributed by atoms with Crippen LogP contribution in [0.15, 0.2) is 30.5 Å². The SMILES string of the molecule is CCOc1ccc2c(ccn2CCOC)c1. The zero-order chi connectivity index (χ0) is 11.4. The smallest absolute Gasteiger partial charge is 0.120 e. The molecule has 3 heteroatoms. The number of fused-ring (bicyclic) bond motifs is 1. The number of benzene rings is 1. The fraction of sp³-hybridized carbons (Fsp3) is 0.385. The van der Waals surface area contributed by atoms with E-state index in [2.05, 4.69) is 29.0 Å². The molecule has 0 amide bonds. The first kappa shape index (κ1) is 11.0. The van der Waals surface area contributed by atoms with E-state index in [1.165, 1.54) is 10.9 Å². The van der Waals surface area contributed by atoms with E-state index in [1.807, 2.05) is 13.0 Å². The van der Waals surface area contributed by atoms with Gasteiger partial charge in [0.05, 0.1) is 13.2 Å². The van der Waals surface area contributed by atoms with E-state index in [0.29, 0.717) is 6.61 Å². The molecule has 1 aromatic heterocycles. The van der Waals surface area contributed by atoms with Crippen LogP contribution in [-0.2, 0) is 11.3 Å². The summed E-state index contributed by atoms with van der Waals surface area (Å²) in [5.41, 5.74) is 1.22. The average Bonchev–Trinajstić information content (AvgIpc) is 2.69. The second kappa shape index (κ2) is 5.03. The predicted molar refractivity (Wildman–Crippen MR) is 65.0 cm³/mol. The molecule has 0 fully saturated rings. The Labute approximate surface area is 95.6 Å². The molecule has 0 saturated carbocycles. The maximum absolute atomic E-state index is 5.47. The molecular formula is C13H17NO2. The monoisotopic (exact) mass is 219 g/mol. The normalized spacial score (nSPS) is 10.9. The van der Waals surface area contributed by atoms with Gasteiger partial charge < -0.3 is 14.0 Å². The van der Waals surface area contributed by atoms with Crippen molar-refractivity contribution >= 4 is 10.9 Å². The van der Waals surface area contributed by atoms with Crippen LogP contribution in [0.5, 0.6) is 5.75 Å². The first-order chi connectivity index (χ1) is 7.85. The molecule has 0 saturated heterocycles. The fourth-order valence-electron chi connectivity index (χ4n) is 1.82. The van der Waals surface area contributed by atoms with E-state index in [4.69, 9.17) is 9.47 Å². The van der Waals surface area contributed by atoms with Crippen LogP contribution in [0.4, 0.5) is 0 Å². The van der Waals surface area contributed by atoms with Crippen LogP contribution in [0.1, 0.15) is 6.92 Å². The van der Waals surface area contributed by atoms with Gasteiger partial charge in [-0.1, -0.05) is 0 Å². The molecule has 0 aliphatic carbocycles. The van der Waals surface area contributed by atoms with Crippen molar-refractivity contribution in [2.45, 2.75) is 13.5 Å². The predicted octanol–water partition coefficient (Wildman–Crippen LogP) is 2.69. The fourth-order valence-corrected chi connectivity index (χ4v) is 1.82. The average molecular weight is 219 g/mol. The lowest BCUT2D eigenvalue weighted by molar-refractivity contribution is 0.188. The minimum Gasteiger partial charge on any atom is -0.494 e. The van der Waals surface area contributed by atoms with Gasteiger partial charge in [0.1, 0.15) is 5.75 Å². The van der Waals surface area contributed by atoms with E-state index >= 15 is 0 Å². The van der Waals surface area contributed by atoms with Gasteiger partial charge in [-0.3, -0.25) is 0 Å². The summed E-state index contributed by atoms with van der Waals surface area (Å²) >= 11 is 0. The van der Waals surface area contributed by atoms with Crippen LogP contribution in [-0.4, -0.2) is 24.9 Å². The minimum atomic E-state index is 0.704. The Morgan fingerprint density at radius 2 is 2.12 bits per heavy atom. The highest BCUT2D eigenvalue weighted by atomic mass is 16.5. The second-order valence-corrected chi connectivity index (χ2v) is 3.66. The zero-order valence-corrected chi connectivity index (χ0v) is 9.77. The van der Waals surface area contributed by atoms with Gasteiger partial charge in [-0.15, -0.1) is 0 Å². The Hall–Kier alpha value is -1.48. The summed E-state index contributed by atoms with van der Waals surface area (Å²) in [4.78, 5) is 0. The molecule has 16 heavy (non-hydrogen) atoms. The van der Waals surface area contributed by atoms with Gasteiger partial charge in [0.25, 0.3) is 0 Å². The van der Waals surface area contributed by atoms with Crippen LogP contribution in [0.25, 0.3) is 10.9 Å². The van der Waals surface area contributed by atoms with Crippen molar-refractivity contribution in [1.29, 1.82) is 0 Å². The highest BCUT2D eigenvalue weighted by Gasteiger charge is 2.02. The van der Waals surface area contributed by atoms with Gasteiger partial charge in [-0.25, -0.2) is 0 Å². The lowest BCUT2D eigenvalue weighted by atomic mass is 10.2. The number of hydrogen-bond donors (Lipinski definition) is 0.